The average molecular weight is 367 g/mol. The maximum Gasteiger partial charge on any atom is 0.129 e. The lowest BCUT2D eigenvalue weighted by Gasteiger charge is -2.34. The van der Waals surface area contributed by atoms with Crippen LogP contribution in [0.4, 0.5) is 5.82 Å². The lowest BCUT2D eigenvalue weighted by molar-refractivity contribution is 0.362. The van der Waals surface area contributed by atoms with Gasteiger partial charge in [0.25, 0.3) is 0 Å². The van der Waals surface area contributed by atoms with E-state index in [2.05, 4.69) is 65.0 Å². The number of thioether (sulfide) groups is 1. The van der Waals surface area contributed by atoms with Crippen molar-refractivity contribution >= 4 is 28.5 Å². The summed E-state index contributed by atoms with van der Waals surface area (Å²) in [5, 5.41) is 1.26. The van der Waals surface area contributed by atoms with E-state index in [1.54, 1.807) is 11.8 Å². The summed E-state index contributed by atoms with van der Waals surface area (Å²) in [4.78, 5) is 13.1. The van der Waals surface area contributed by atoms with Crippen LogP contribution in [0.2, 0.25) is 0 Å². The van der Waals surface area contributed by atoms with E-state index in [1.165, 1.54) is 28.7 Å². The minimum atomic E-state index is 0.645. The van der Waals surface area contributed by atoms with Crippen LogP contribution in [-0.2, 0) is 6.54 Å². The van der Waals surface area contributed by atoms with Crippen molar-refractivity contribution in [3.05, 3.63) is 48.0 Å². The summed E-state index contributed by atoms with van der Waals surface area (Å²) in [7, 11) is 0. The highest BCUT2D eigenvalue weighted by Gasteiger charge is 2.22. The first-order chi connectivity index (χ1) is 12.6. The van der Waals surface area contributed by atoms with E-state index in [0.717, 1.165) is 36.8 Å². The quantitative estimate of drug-likeness (QED) is 0.628. The van der Waals surface area contributed by atoms with Gasteiger partial charge in [-0.2, -0.15) is 0 Å². The van der Waals surface area contributed by atoms with Gasteiger partial charge in [-0.25, -0.2) is 9.97 Å². The Labute approximate surface area is 159 Å². The second-order valence-electron chi connectivity index (χ2n) is 7.26. The molecule has 0 amide bonds. The third-order valence-corrected chi connectivity index (χ3v) is 6.16. The lowest BCUT2D eigenvalue weighted by Crippen LogP contribution is -2.37. The van der Waals surface area contributed by atoms with Crippen molar-refractivity contribution in [3.8, 4) is 0 Å². The maximum absolute atomic E-state index is 5.01. The molecular weight excluding hydrogens is 340 g/mol. The summed E-state index contributed by atoms with van der Waals surface area (Å²) in [6.45, 7) is 7.49. The summed E-state index contributed by atoms with van der Waals surface area (Å²) in [5.41, 5.74) is 2.42. The van der Waals surface area contributed by atoms with Crippen molar-refractivity contribution in [2.24, 2.45) is 5.92 Å². The van der Waals surface area contributed by atoms with Crippen molar-refractivity contribution in [2.45, 2.75) is 38.1 Å². The highest BCUT2D eigenvalue weighted by molar-refractivity contribution is 7.98. The molecule has 1 atom stereocenters. The first-order valence-electron chi connectivity index (χ1n) is 9.32. The predicted molar refractivity (Wildman–Crippen MR) is 110 cm³/mol. The largest absolute Gasteiger partial charge is 0.356 e. The zero-order valence-electron chi connectivity index (χ0n) is 15.8. The van der Waals surface area contributed by atoms with E-state index in [4.69, 9.17) is 4.98 Å². The van der Waals surface area contributed by atoms with Crippen molar-refractivity contribution in [1.29, 1.82) is 0 Å². The van der Waals surface area contributed by atoms with E-state index >= 15 is 0 Å². The van der Waals surface area contributed by atoms with Gasteiger partial charge in [-0.1, -0.05) is 6.07 Å². The van der Waals surface area contributed by atoms with Gasteiger partial charge in [-0.3, -0.25) is 0 Å². The Kier molecular flexibility index (Phi) is 4.90. The number of hydrogen-bond acceptors (Lipinski definition) is 4. The molecule has 3 aromatic rings. The molecule has 2 aromatic heterocycles. The Bertz CT molecular complexity index is 918. The maximum atomic E-state index is 5.01. The minimum Gasteiger partial charge on any atom is -0.356 e. The van der Waals surface area contributed by atoms with Crippen LogP contribution in [0.3, 0.4) is 0 Å². The van der Waals surface area contributed by atoms with Gasteiger partial charge in [0.05, 0.1) is 5.52 Å². The van der Waals surface area contributed by atoms with E-state index in [-0.39, 0.29) is 0 Å². The number of rotatable bonds is 4. The normalized spacial score (nSPS) is 17.8. The number of imidazole rings is 1. The van der Waals surface area contributed by atoms with Crippen LogP contribution in [0, 0.1) is 19.8 Å². The first-order valence-corrected chi connectivity index (χ1v) is 10.5. The fourth-order valence-electron chi connectivity index (χ4n) is 3.95. The first kappa shape index (κ1) is 17.4. The number of aryl methyl sites for hydroxylation is 2. The minimum absolute atomic E-state index is 0.645. The van der Waals surface area contributed by atoms with Gasteiger partial charge < -0.3 is 9.47 Å². The van der Waals surface area contributed by atoms with Crippen LogP contribution < -0.4 is 4.90 Å². The predicted octanol–water partition coefficient (Wildman–Crippen LogP) is 4.69. The topological polar surface area (TPSA) is 34.0 Å². The van der Waals surface area contributed by atoms with Gasteiger partial charge >= 0.3 is 0 Å². The molecule has 0 aliphatic carbocycles. The Morgan fingerprint density at radius 2 is 2.12 bits per heavy atom. The highest BCUT2D eigenvalue weighted by atomic mass is 32.2. The Morgan fingerprint density at radius 3 is 2.88 bits per heavy atom. The number of piperidine rings is 1. The SMILES string of the molecule is CSc1ccc2c(C)cc(N3CCCC(Cn4ccnc4C)C3)nc2c1. The van der Waals surface area contributed by atoms with E-state index < -0.39 is 0 Å². The number of aromatic nitrogens is 3. The summed E-state index contributed by atoms with van der Waals surface area (Å²) in [6.07, 6.45) is 8.61. The molecule has 3 heterocycles. The zero-order chi connectivity index (χ0) is 18.1. The van der Waals surface area contributed by atoms with Gasteiger partial charge in [-0.05, 0) is 62.6 Å². The second kappa shape index (κ2) is 7.31. The van der Waals surface area contributed by atoms with Gasteiger partial charge in [0.15, 0.2) is 0 Å². The van der Waals surface area contributed by atoms with Gasteiger partial charge in [0.2, 0.25) is 0 Å². The summed E-state index contributed by atoms with van der Waals surface area (Å²) in [6, 6.07) is 8.86. The molecular formula is C21H26N4S. The second-order valence-corrected chi connectivity index (χ2v) is 8.14. The molecule has 4 rings (SSSR count). The molecule has 0 bridgehead atoms. The van der Waals surface area contributed by atoms with Crippen LogP contribution in [0.15, 0.2) is 41.6 Å². The molecule has 26 heavy (non-hydrogen) atoms. The van der Waals surface area contributed by atoms with Gasteiger partial charge in [0, 0.05) is 42.3 Å². The number of benzene rings is 1. The Hall–Kier alpha value is -2.01. The molecule has 1 saturated heterocycles. The lowest BCUT2D eigenvalue weighted by atomic mass is 9.97. The molecule has 4 nitrogen and oxygen atoms in total. The number of anilines is 1. The molecule has 0 spiro atoms. The van der Waals surface area contributed by atoms with E-state index in [0.29, 0.717) is 5.92 Å². The fourth-order valence-corrected chi connectivity index (χ4v) is 4.38. The number of fused-ring (bicyclic) bond motifs is 1. The van der Waals surface area contributed by atoms with Crippen LogP contribution in [0.25, 0.3) is 10.9 Å². The van der Waals surface area contributed by atoms with Crippen molar-refractivity contribution < 1.29 is 0 Å². The van der Waals surface area contributed by atoms with E-state index in [1.807, 2.05) is 6.20 Å². The summed E-state index contributed by atoms with van der Waals surface area (Å²) >= 11 is 1.77. The van der Waals surface area contributed by atoms with Crippen molar-refractivity contribution in [2.75, 3.05) is 24.2 Å². The molecule has 1 aromatic carbocycles. The zero-order valence-corrected chi connectivity index (χ0v) is 16.6. The third-order valence-electron chi connectivity index (χ3n) is 5.43. The molecule has 1 aliphatic heterocycles. The van der Waals surface area contributed by atoms with Gasteiger partial charge in [-0.15, -0.1) is 11.8 Å². The Morgan fingerprint density at radius 1 is 1.23 bits per heavy atom. The van der Waals surface area contributed by atoms with Gasteiger partial charge in [0.1, 0.15) is 11.6 Å². The monoisotopic (exact) mass is 366 g/mol. The Balaban J connectivity index is 1.59. The molecule has 1 aliphatic rings. The molecule has 1 fully saturated rings. The van der Waals surface area contributed by atoms with Crippen LogP contribution in [0.5, 0.6) is 0 Å². The number of pyridine rings is 1. The van der Waals surface area contributed by atoms with Crippen molar-refractivity contribution in [3.63, 3.8) is 0 Å². The van der Waals surface area contributed by atoms with Crippen molar-refractivity contribution in [1.82, 2.24) is 14.5 Å². The molecule has 5 heteroatoms. The average Bonchev–Trinajstić information content (AvgIpc) is 3.06. The van der Waals surface area contributed by atoms with E-state index in [9.17, 15) is 0 Å². The molecule has 0 radical (unpaired) electrons. The summed E-state index contributed by atoms with van der Waals surface area (Å²) < 4.78 is 2.28. The van der Waals surface area contributed by atoms with Crippen LogP contribution >= 0.6 is 11.8 Å². The number of nitrogens with zero attached hydrogens (tertiary/aromatic N) is 4. The molecule has 1 unspecified atom stereocenters. The molecule has 136 valence electrons. The van der Waals surface area contributed by atoms with Crippen LogP contribution in [0.1, 0.15) is 24.2 Å². The standard InChI is InChI=1S/C21H26N4S/c1-15-11-21(23-20-12-18(26-3)6-7-19(15)20)25-9-4-5-17(14-25)13-24-10-8-22-16(24)2/h6-8,10-12,17H,4-5,9,13-14H2,1-3H3. The number of hydrogen-bond donors (Lipinski definition) is 0. The molecule has 0 N–H and O–H groups in total. The molecule has 0 saturated carbocycles. The third kappa shape index (κ3) is 3.45. The van der Waals surface area contributed by atoms with Crippen LogP contribution in [-0.4, -0.2) is 33.9 Å². The highest BCUT2D eigenvalue weighted by Crippen LogP contribution is 2.29. The fraction of sp³-hybridized carbons (Fsp3) is 0.429. The smallest absolute Gasteiger partial charge is 0.129 e. The summed E-state index contributed by atoms with van der Waals surface area (Å²) in [5.74, 6) is 2.87.